The molecule has 0 atom stereocenters. The first-order valence-electron chi connectivity index (χ1n) is 12.1. The molecule has 4 aromatic carbocycles. The number of sulfonamides is 1. The molecule has 1 amide bonds. The molecule has 1 aliphatic rings. The number of amides is 1. The van der Waals surface area contributed by atoms with E-state index in [-0.39, 0.29) is 26.5 Å². The minimum Gasteiger partial charge on any atom is -0.367 e. The summed E-state index contributed by atoms with van der Waals surface area (Å²) in [5.41, 5.74) is 4.95. The molecule has 1 aliphatic heterocycles. The Hall–Kier alpha value is -3.52. The van der Waals surface area contributed by atoms with Gasteiger partial charge in [0.2, 0.25) is 0 Å². The van der Waals surface area contributed by atoms with E-state index in [2.05, 4.69) is 39.2 Å². The van der Waals surface area contributed by atoms with Crippen molar-refractivity contribution in [2.24, 2.45) is 0 Å². The summed E-state index contributed by atoms with van der Waals surface area (Å²) >= 11 is 12.1. The van der Waals surface area contributed by atoms with Gasteiger partial charge in [0.15, 0.2) is 0 Å². The number of hydrogen-bond acceptors (Lipinski definition) is 4. The summed E-state index contributed by atoms with van der Waals surface area (Å²) in [5, 5.41) is 3.18. The summed E-state index contributed by atoms with van der Waals surface area (Å²) in [6.07, 6.45) is 2.23. The van der Waals surface area contributed by atoms with Gasteiger partial charge in [0.25, 0.3) is 15.9 Å². The zero-order chi connectivity index (χ0) is 26.7. The first kappa shape index (κ1) is 26.1. The number of hydrogen-bond donors (Lipinski definition) is 2. The van der Waals surface area contributed by atoms with Gasteiger partial charge in [0.1, 0.15) is 0 Å². The molecule has 0 spiro atoms. The van der Waals surface area contributed by atoms with Crippen LogP contribution in [-0.2, 0) is 23.0 Å². The fourth-order valence-electron chi connectivity index (χ4n) is 4.46. The number of rotatable bonds is 7. The van der Waals surface area contributed by atoms with Crippen LogP contribution in [0.3, 0.4) is 0 Å². The number of para-hydroxylation sites is 1. The Balaban J connectivity index is 1.22. The van der Waals surface area contributed by atoms with Crippen LogP contribution in [0.2, 0.25) is 10.0 Å². The summed E-state index contributed by atoms with van der Waals surface area (Å²) in [4.78, 5) is 15.2. The largest absolute Gasteiger partial charge is 0.367 e. The maximum absolute atomic E-state index is 12.8. The molecule has 0 bridgehead atoms. The zero-order valence-corrected chi connectivity index (χ0v) is 22.7. The van der Waals surface area contributed by atoms with Gasteiger partial charge in [0.05, 0.1) is 20.6 Å². The average molecular weight is 567 g/mol. The molecule has 0 fully saturated rings. The monoisotopic (exact) mass is 565 g/mol. The SMILES string of the molecule is O=C(Nc1ccc(S(=O)(=O)Nc2cccc(Cl)c2Cl)cc1)c1ccc(CN2CCCc3ccccc32)cc1. The second kappa shape index (κ2) is 11.1. The van der Waals surface area contributed by atoms with E-state index in [0.717, 1.165) is 31.5 Å². The summed E-state index contributed by atoms with van der Waals surface area (Å²) in [6, 6.07) is 26.6. The van der Waals surface area contributed by atoms with Crippen LogP contribution in [0.1, 0.15) is 27.9 Å². The van der Waals surface area contributed by atoms with Crippen molar-refractivity contribution in [1.29, 1.82) is 0 Å². The van der Waals surface area contributed by atoms with Gasteiger partial charge < -0.3 is 10.2 Å². The van der Waals surface area contributed by atoms with Gasteiger partial charge >= 0.3 is 0 Å². The number of nitrogens with zero attached hydrogens (tertiary/aromatic N) is 1. The Labute approximate surface area is 232 Å². The maximum atomic E-state index is 12.8. The third-order valence-electron chi connectivity index (χ3n) is 6.41. The van der Waals surface area contributed by atoms with Crippen LogP contribution in [0.4, 0.5) is 17.1 Å². The van der Waals surface area contributed by atoms with Gasteiger partial charge in [-0.25, -0.2) is 8.42 Å². The van der Waals surface area contributed by atoms with Crippen molar-refractivity contribution >= 4 is 56.2 Å². The van der Waals surface area contributed by atoms with Gasteiger partial charge in [-0.15, -0.1) is 0 Å². The summed E-state index contributed by atoms with van der Waals surface area (Å²) in [5.74, 6) is -0.278. The summed E-state index contributed by atoms with van der Waals surface area (Å²) in [7, 11) is -3.90. The van der Waals surface area contributed by atoms with Crippen LogP contribution >= 0.6 is 23.2 Å². The van der Waals surface area contributed by atoms with E-state index in [9.17, 15) is 13.2 Å². The minimum absolute atomic E-state index is 0.0233. The van der Waals surface area contributed by atoms with E-state index in [4.69, 9.17) is 23.2 Å². The minimum atomic E-state index is -3.90. The van der Waals surface area contributed by atoms with Crippen LogP contribution < -0.4 is 14.9 Å². The first-order valence-corrected chi connectivity index (χ1v) is 14.3. The third-order valence-corrected chi connectivity index (χ3v) is 8.61. The molecule has 38 heavy (non-hydrogen) atoms. The molecule has 0 radical (unpaired) electrons. The Morgan fingerprint density at radius 3 is 2.37 bits per heavy atom. The lowest BCUT2D eigenvalue weighted by atomic mass is 10.0. The van der Waals surface area contributed by atoms with E-state index in [0.29, 0.717) is 11.3 Å². The van der Waals surface area contributed by atoms with Gasteiger partial charge in [-0.3, -0.25) is 9.52 Å². The second-order valence-electron chi connectivity index (χ2n) is 9.04. The quantitative estimate of drug-likeness (QED) is 0.253. The molecule has 9 heteroatoms. The highest BCUT2D eigenvalue weighted by Gasteiger charge is 2.18. The topological polar surface area (TPSA) is 78.5 Å². The molecular formula is C29H25Cl2N3O3S. The smallest absolute Gasteiger partial charge is 0.261 e. The van der Waals surface area contributed by atoms with Gasteiger partial charge in [-0.1, -0.05) is 59.6 Å². The first-order chi connectivity index (χ1) is 18.3. The number of nitrogens with one attached hydrogen (secondary N) is 2. The number of halogens is 2. The van der Waals surface area contributed by atoms with Crippen molar-refractivity contribution in [2.75, 3.05) is 21.5 Å². The van der Waals surface area contributed by atoms with Crippen LogP contribution in [-0.4, -0.2) is 20.9 Å². The highest BCUT2D eigenvalue weighted by Crippen LogP contribution is 2.31. The van der Waals surface area contributed by atoms with Crippen molar-refractivity contribution < 1.29 is 13.2 Å². The number of carbonyl (C=O) groups excluding carboxylic acids is 1. The number of aryl methyl sites for hydroxylation is 1. The molecular weight excluding hydrogens is 541 g/mol. The number of anilines is 3. The van der Waals surface area contributed by atoms with Crippen molar-refractivity contribution in [3.63, 3.8) is 0 Å². The van der Waals surface area contributed by atoms with Gasteiger partial charge in [-0.2, -0.15) is 0 Å². The Morgan fingerprint density at radius 2 is 1.61 bits per heavy atom. The van der Waals surface area contributed by atoms with Crippen LogP contribution in [0, 0.1) is 0 Å². The van der Waals surface area contributed by atoms with E-state index in [1.807, 2.05) is 12.1 Å². The van der Waals surface area contributed by atoms with Crippen LogP contribution in [0.25, 0.3) is 0 Å². The fourth-order valence-corrected chi connectivity index (χ4v) is 5.94. The highest BCUT2D eigenvalue weighted by atomic mass is 35.5. The normalized spacial score (nSPS) is 13.1. The highest BCUT2D eigenvalue weighted by molar-refractivity contribution is 7.92. The molecule has 5 rings (SSSR count). The molecule has 1 heterocycles. The molecule has 0 unspecified atom stereocenters. The molecule has 194 valence electrons. The zero-order valence-electron chi connectivity index (χ0n) is 20.3. The molecule has 0 aromatic heterocycles. The lowest BCUT2D eigenvalue weighted by molar-refractivity contribution is 0.102. The molecule has 4 aromatic rings. The number of carbonyl (C=O) groups is 1. The Morgan fingerprint density at radius 1 is 0.868 bits per heavy atom. The third kappa shape index (κ3) is 5.80. The molecule has 6 nitrogen and oxygen atoms in total. The fraction of sp³-hybridized carbons (Fsp3) is 0.138. The maximum Gasteiger partial charge on any atom is 0.261 e. The molecule has 0 aliphatic carbocycles. The van der Waals surface area contributed by atoms with E-state index >= 15 is 0 Å². The molecule has 0 saturated heterocycles. The lowest BCUT2D eigenvalue weighted by Crippen LogP contribution is -2.28. The Bertz CT molecular complexity index is 1570. The van der Waals surface area contributed by atoms with Crippen molar-refractivity contribution in [2.45, 2.75) is 24.3 Å². The van der Waals surface area contributed by atoms with Gasteiger partial charge in [-0.05, 0) is 78.6 Å². The van der Waals surface area contributed by atoms with E-state index in [1.54, 1.807) is 24.3 Å². The molecule has 0 saturated carbocycles. The molecule has 2 N–H and O–H groups in total. The summed E-state index contributed by atoms with van der Waals surface area (Å²) < 4.78 is 28.0. The predicted molar refractivity (Wildman–Crippen MR) is 154 cm³/mol. The van der Waals surface area contributed by atoms with E-state index < -0.39 is 10.0 Å². The summed E-state index contributed by atoms with van der Waals surface area (Å²) in [6.45, 7) is 1.79. The second-order valence-corrected chi connectivity index (χ2v) is 11.5. The average Bonchev–Trinajstić information content (AvgIpc) is 2.92. The Kier molecular flexibility index (Phi) is 7.61. The standard InChI is InChI=1S/C29H25Cl2N3O3S/c30-25-7-3-8-26(28(25)31)33-38(36,37)24-16-14-23(15-17-24)32-29(35)22-12-10-20(11-13-22)19-34-18-4-6-21-5-1-2-9-27(21)34/h1-3,5,7-17,33H,4,6,18-19H2,(H,32,35). The van der Waals surface area contributed by atoms with Crippen molar-refractivity contribution in [3.05, 3.63) is 118 Å². The number of fused-ring (bicyclic) bond motifs is 1. The van der Waals surface area contributed by atoms with E-state index in [1.165, 1.54) is 41.6 Å². The predicted octanol–water partition coefficient (Wildman–Crippen LogP) is 7.00. The van der Waals surface area contributed by atoms with Crippen LogP contribution in [0.15, 0.2) is 95.9 Å². The van der Waals surface area contributed by atoms with Gasteiger partial charge in [0, 0.05) is 30.0 Å². The van der Waals surface area contributed by atoms with Crippen molar-refractivity contribution in [1.82, 2.24) is 0 Å². The number of benzene rings is 4. The van der Waals surface area contributed by atoms with Crippen molar-refractivity contribution in [3.8, 4) is 0 Å². The van der Waals surface area contributed by atoms with Crippen LogP contribution in [0.5, 0.6) is 0 Å². The lowest BCUT2D eigenvalue weighted by Gasteiger charge is -2.31.